The molecule has 0 aliphatic rings. The highest BCUT2D eigenvalue weighted by Gasteiger charge is 2.20. The molecule has 166 valence electrons. The highest BCUT2D eigenvalue weighted by Crippen LogP contribution is 2.23. The Hall–Kier alpha value is -2.89. The van der Waals surface area contributed by atoms with Crippen molar-refractivity contribution in [1.29, 1.82) is 0 Å². The number of amidine groups is 1. The molecule has 0 aliphatic heterocycles. The zero-order valence-corrected chi connectivity index (χ0v) is 17.2. The smallest absolute Gasteiger partial charge is 0.268 e. The third-order valence-electron chi connectivity index (χ3n) is 4.01. The molecule has 3 rings (SSSR count). The Balaban J connectivity index is 1.72. The van der Waals surface area contributed by atoms with Crippen molar-refractivity contribution in [3.8, 4) is 0 Å². The fraction of sp³-hybridized carbons (Fsp3) is 0.316. The number of pyridine rings is 1. The van der Waals surface area contributed by atoms with Crippen LogP contribution in [0, 0.1) is 5.82 Å². The first-order valence-electron chi connectivity index (χ1n) is 9.25. The number of aliphatic imine (C=N–C) groups is 1. The number of hydroxylamine groups is 1. The Bertz CT molecular complexity index is 1070. The van der Waals surface area contributed by atoms with Crippen molar-refractivity contribution in [1.82, 2.24) is 20.4 Å². The molecular weight excluding hydrogens is 437 g/mol. The van der Waals surface area contributed by atoms with Gasteiger partial charge in [-0.1, -0.05) is 11.6 Å². The summed E-state index contributed by atoms with van der Waals surface area (Å²) in [4.78, 5) is 15.8. The second kappa shape index (κ2) is 9.94. The van der Waals surface area contributed by atoms with Crippen LogP contribution in [0.2, 0.25) is 5.02 Å². The number of aromatic amines is 1. The Morgan fingerprint density at radius 2 is 2.16 bits per heavy atom. The van der Waals surface area contributed by atoms with Crippen LogP contribution in [0.5, 0.6) is 0 Å². The molecule has 12 heteroatoms. The third-order valence-corrected chi connectivity index (χ3v) is 4.30. The van der Waals surface area contributed by atoms with Crippen molar-refractivity contribution in [2.75, 3.05) is 25.1 Å². The van der Waals surface area contributed by atoms with Gasteiger partial charge in [0.05, 0.1) is 16.2 Å². The van der Waals surface area contributed by atoms with Crippen LogP contribution in [-0.4, -0.2) is 51.7 Å². The molecule has 0 saturated carbocycles. The molecule has 8 nitrogen and oxygen atoms in total. The molecule has 0 fully saturated rings. The van der Waals surface area contributed by atoms with Crippen LogP contribution in [0.25, 0.3) is 11.2 Å². The van der Waals surface area contributed by atoms with Crippen LogP contribution < -0.4 is 10.8 Å². The van der Waals surface area contributed by atoms with Gasteiger partial charge < -0.3 is 15.0 Å². The van der Waals surface area contributed by atoms with Gasteiger partial charge in [-0.15, -0.1) is 0 Å². The van der Waals surface area contributed by atoms with Crippen molar-refractivity contribution in [3.63, 3.8) is 0 Å². The van der Waals surface area contributed by atoms with Gasteiger partial charge in [-0.05, 0) is 30.7 Å². The van der Waals surface area contributed by atoms with E-state index in [2.05, 4.69) is 25.3 Å². The number of halogens is 4. The second-order valence-corrected chi connectivity index (χ2v) is 7.12. The van der Waals surface area contributed by atoms with Gasteiger partial charge in [-0.3, -0.25) is 10.7 Å². The standard InChI is InChI=1S/C19H20ClF3N6O2/c1-19(22,23)10-31-8-2-6-25-18-27-15-12(5-7-24-17(15)28-18)16(29-30)26-11-3-4-14(21)13(20)9-11/h3-5,7,9,30H,2,6,8,10H2,1H3,(H,26,29)(H2,24,25,27,28). The average Bonchev–Trinajstić information content (AvgIpc) is 3.13. The number of hydrogen-bond donors (Lipinski definition) is 4. The molecule has 0 radical (unpaired) electrons. The van der Waals surface area contributed by atoms with Gasteiger partial charge in [0, 0.05) is 31.8 Å². The summed E-state index contributed by atoms with van der Waals surface area (Å²) in [7, 11) is 0. The van der Waals surface area contributed by atoms with Crippen LogP contribution in [0.4, 0.5) is 24.8 Å². The number of imidazole rings is 1. The Kier molecular flexibility index (Phi) is 7.31. The van der Waals surface area contributed by atoms with Crippen LogP contribution in [0.15, 0.2) is 35.5 Å². The first-order chi connectivity index (χ1) is 14.8. The van der Waals surface area contributed by atoms with Crippen molar-refractivity contribution >= 4 is 40.2 Å². The summed E-state index contributed by atoms with van der Waals surface area (Å²) >= 11 is 5.78. The predicted octanol–water partition coefficient (Wildman–Crippen LogP) is 4.28. The van der Waals surface area contributed by atoms with Crippen molar-refractivity contribution < 1.29 is 23.1 Å². The maximum atomic E-state index is 13.4. The molecule has 4 N–H and O–H groups in total. The monoisotopic (exact) mass is 456 g/mol. The van der Waals surface area contributed by atoms with Gasteiger partial charge in [0.1, 0.15) is 12.4 Å². The number of ether oxygens (including phenoxy) is 1. The summed E-state index contributed by atoms with van der Waals surface area (Å²) in [6, 6.07) is 5.51. The highest BCUT2D eigenvalue weighted by atomic mass is 35.5. The summed E-state index contributed by atoms with van der Waals surface area (Å²) in [5.74, 6) is -2.96. The predicted molar refractivity (Wildman–Crippen MR) is 111 cm³/mol. The Morgan fingerprint density at radius 3 is 2.87 bits per heavy atom. The molecule has 1 aromatic carbocycles. The molecule has 0 spiro atoms. The summed E-state index contributed by atoms with van der Waals surface area (Å²) in [5, 5.41) is 12.5. The molecule has 2 heterocycles. The SMILES string of the molecule is CC(F)(F)COCCCNc1nc2nccc(C(=Nc3ccc(F)c(Cl)c3)NO)c2[nH]1. The number of H-pyrrole nitrogens is 1. The van der Waals surface area contributed by atoms with Gasteiger partial charge in [-0.2, -0.15) is 4.98 Å². The van der Waals surface area contributed by atoms with E-state index in [1.54, 1.807) is 6.07 Å². The Labute approximate surface area is 180 Å². The first kappa shape index (κ1) is 22.8. The normalized spacial score (nSPS) is 12.4. The van der Waals surface area contributed by atoms with Crippen molar-refractivity contribution in [2.45, 2.75) is 19.3 Å². The van der Waals surface area contributed by atoms with E-state index in [-0.39, 0.29) is 17.5 Å². The first-order valence-corrected chi connectivity index (χ1v) is 9.63. The van der Waals surface area contributed by atoms with E-state index in [0.29, 0.717) is 41.3 Å². The molecule has 2 aromatic heterocycles. The van der Waals surface area contributed by atoms with E-state index in [0.717, 1.165) is 6.92 Å². The lowest BCUT2D eigenvalue weighted by Crippen LogP contribution is -2.20. The average molecular weight is 457 g/mol. The van der Waals surface area contributed by atoms with Gasteiger partial charge in [0.2, 0.25) is 5.95 Å². The number of rotatable bonds is 9. The van der Waals surface area contributed by atoms with Crippen molar-refractivity contribution in [2.24, 2.45) is 4.99 Å². The second-order valence-electron chi connectivity index (χ2n) is 6.72. The van der Waals surface area contributed by atoms with E-state index in [9.17, 15) is 18.4 Å². The van der Waals surface area contributed by atoms with Crippen LogP contribution in [0.1, 0.15) is 18.9 Å². The lowest BCUT2D eigenvalue weighted by atomic mass is 10.2. The number of hydrogen-bond acceptors (Lipinski definition) is 6. The third kappa shape index (κ3) is 6.29. The Morgan fingerprint density at radius 1 is 1.35 bits per heavy atom. The maximum Gasteiger partial charge on any atom is 0.268 e. The topological polar surface area (TPSA) is 107 Å². The molecular formula is C19H20ClF3N6O2. The van der Waals surface area contributed by atoms with Crippen LogP contribution in [-0.2, 0) is 4.74 Å². The fourth-order valence-corrected chi connectivity index (χ4v) is 2.83. The zero-order valence-electron chi connectivity index (χ0n) is 16.4. The number of nitrogens with one attached hydrogen (secondary N) is 3. The molecule has 0 amide bonds. The molecule has 3 aromatic rings. The summed E-state index contributed by atoms with van der Waals surface area (Å²) in [5.41, 5.74) is 3.65. The number of fused-ring (bicyclic) bond motifs is 1. The van der Waals surface area contributed by atoms with Gasteiger partial charge >= 0.3 is 0 Å². The zero-order chi connectivity index (χ0) is 22.4. The van der Waals surface area contributed by atoms with Crippen molar-refractivity contribution in [3.05, 3.63) is 46.9 Å². The van der Waals surface area contributed by atoms with E-state index in [1.807, 2.05) is 5.48 Å². The number of aromatic nitrogens is 3. The largest absolute Gasteiger partial charge is 0.375 e. The van der Waals surface area contributed by atoms with Gasteiger partial charge in [0.25, 0.3) is 5.92 Å². The minimum Gasteiger partial charge on any atom is -0.375 e. The number of nitrogens with zero attached hydrogens (tertiary/aromatic N) is 3. The van der Waals surface area contributed by atoms with E-state index >= 15 is 0 Å². The molecule has 31 heavy (non-hydrogen) atoms. The summed E-state index contributed by atoms with van der Waals surface area (Å²) in [6.45, 7) is 0.775. The molecule has 0 bridgehead atoms. The fourth-order valence-electron chi connectivity index (χ4n) is 2.65. The molecule has 0 saturated heterocycles. The molecule has 0 unspecified atom stereocenters. The lowest BCUT2D eigenvalue weighted by molar-refractivity contribution is -0.0622. The quantitative estimate of drug-likeness (QED) is 0.166. The minimum absolute atomic E-state index is 0.0687. The van der Waals surface area contributed by atoms with E-state index < -0.39 is 18.3 Å². The van der Waals surface area contributed by atoms with Gasteiger partial charge in [0.15, 0.2) is 11.5 Å². The van der Waals surface area contributed by atoms with Crippen LogP contribution in [0.3, 0.4) is 0 Å². The number of alkyl halides is 2. The molecule has 0 aliphatic carbocycles. The maximum absolute atomic E-state index is 13.4. The van der Waals surface area contributed by atoms with Gasteiger partial charge in [-0.25, -0.2) is 23.1 Å². The minimum atomic E-state index is -2.85. The number of anilines is 1. The van der Waals surface area contributed by atoms with E-state index in [4.69, 9.17) is 16.3 Å². The lowest BCUT2D eigenvalue weighted by Gasteiger charge is -2.10. The highest BCUT2D eigenvalue weighted by molar-refractivity contribution is 6.31. The molecule has 0 atom stereocenters. The van der Waals surface area contributed by atoms with Crippen LogP contribution >= 0.6 is 11.6 Å². The summed E-state index contributed by atoms with van der Waals surface area (Å²) < 4.78 is 43.7. The van der Waals surface area contributed by atoms with E-state index in [1.165, 1.54) is 24.4 Å². The summed E-state index contributed by atoms with van der Waals surface area (Å²) in [6.07, 6.45) is 1.98. The number of benzene rings is 1.